The zero-order valence-electron chi connectivity index (χ0n) is 66.5. The van der Waals surface area contributed by atoms with Crippen LogP contribution in [-0.2, 0) is 65.4 Å². The van der Waals surface area contributed by atoms with E-state index in [0.29, 0.717) is 25.7 Å². The Labute approximate surface area is 619 Å². The monoisotopic (exact) mass is 1480 g/mol. The first-order chi connectivity index (χ1) is 48.7. The van der Waals surface area contributed by atoms with Gasteiger partial charge >= 0.3 is 39.5 Å². The summed E-state index contributed by atoms with van der Waals surface area (Å²) < 4.78 is 68.8. The summed E-state index contributed by atoms with van der Waals surface area (Å²) in [6, 6.07) is 0. The van der Waals surface area contributed by atoms with Crippen LogP contribution in [0, 0.1) is 23.7 Å². The molecule has 7 atom stereocenters. The van der Waals surface area contributed by atoms with Crippen molar-refractivity contribution < 1.29 is 80.2 Å². The van der Waals surface area contributed by atoms with Gasteiger partial charge in [-0.1, -0.05) is 370 Å². The van der Waals surface area contributed by atoms with E-state index in [-0.39, 0.29) is 25.7 Å². The van der Waals surface area contributed by atoms with Crippen LogP contribution in [-0.4, -0.2) is 96.7 Å². The number of unbranched alkanes of at least 4 members (excludes halogenated alkanes) is 43. The Kier molecular flexibility index (Phi) is 69.6. The smallest absolute Gasteiger partial charge is 0.462 e. The standard InChI is InChI=1S/C82H160O17P2/c1-9-74(7)60-52-44-36-30-32-39-47-55-63-80(85)93-69-78(99-82(87)65-57-49-41-33-31-37-45-53-61-75(8)10-2)71-97-101(90,91)95-67-76(83)66-94-100(88,89)96-70-77(68-92-79(84)62-54-46-38-28-24-20-17-13-15-19-23-27-35-43-51-59-73(5)6)98-81(86)64-56-48-40-29-25-21-16-12-11-14-18-22-26-34-42-50-58-72(3)4/h72-78,83H,9-71H2,1-8H3,(H,88,89)(H,90,91)/t74?,75?,76-,77-,78-/m1/s1. The fourth-order valence-corrected chi connectivity index (χ4v) is 14.1. The molecule has 0 aliphatic heterocycles. The number of carbonyl (C=O) groups is 4. The molecule has 0 aromatic rings. The molecule has 0 aliphatic rings. The van der Waals surface area contributed by atoms with Crippen molar-refractivity contribution in [3.63, 3.8) is 0 Å². The van der Waals surface area contributed by atoms with Gasteiger partial charge in [-0.15, -0.1) is 0 Å². The highest BCUT2D eigenvalue weighted by Gasteiger charge is 2.30. The minimum atomic E-state index is -4.96. The van der Waals surface area contributed by atoms with Gasteiger partial charge in [-0.2, -0.15) is 0 Å². The lowest BCUT2D eigenvalue weighted by Gasteiger charge is -2.21. The molecule has 0 saturated heterocycles. The first-order valence-corrected chi connectivity index (χ1v) is 45.3. The van der Waals surface area contributed by atoms with E-state index >= 15 is 0 Å². The van der Waals surface area contributed by atoms with Crippen molar-refractivity contribution in [3.05, 3.63) is 0 Å². The van der Waals surface area contributed by atoms with E-state index in [1.165, 1.54) is 225 Å². The van der Waals surface area contributed by atoms with E-state index < -0.39 is 97.5 Å². The van der Waals surface area contributed by atoms with Crippen molar-refractivity contribution in [2.75, 3.05) is 39.6 Å². The SMILES string of the molecule is CCC(C)CCCCCCCCCCC(=O)OC[C@H](COP(=O)(O)OC[C@H](O)COP(=O)(O)OC[C@@H](COC(=O)CCCCCCCCCCCCCCCCCC(C)C)OC(=O)CCCCCCCCCCCCCCCCCCC(C)C)OC(=O)CCCCCCCCCCC(C)CC. The number of phosphoric acid groups is 2. The van der Waals surface area contributed by atoms with Crippen molar-refractivity contribution in [1.29, 1.82) is 0 Å². The summed E-state index contributed by atoms with van der Waals surface area (Å²) in [7, 11) is -9.92. The molecular formula is C82H160O17P2. The maximum absolute atomic E-state index is 13.1. The lowest BCUT2D eigenvalue weighted by atomic mass is 9.99. The normalized spacial score (nSPS) is 14.5. The summed E-state index contributed by atoms with van der Waals surface area (Å²) in [5.41, 5.74) is 0. The molecule has 3 N–H and O–H groups in total. The highest BCUT2D eigenvalue weighted by molar-refractivity contribution is 7.47. The lowest BCUT2D eigenvalue weighted by Crippen LogP contribution is -2.30. The summed E-state index contributed by atoms with van der Waals surface area (Å²) in [6.45, 7) is 14.3. The molecule has 0 aliphatic carbocycles. The van der Waals surface area contributed by atoms with Crippen molar-refractivity contribution in [2.24, 2.45) is 23.7 Å². The minimum Gasteiger partial charge on any atom is -0.462 e. The molecule has 0 aromatic heterocycles. The van der Waals surface area contributed by atoms with E-state index in [2.05, 4.69) is 55.4 Å². The molecule has 0 radical (unpaired) electrons. The van der Waals surface area contributed by atoms with E-state index in [9.17, 15) is 43.2 Å². The predicted octanol–water partition coefficient (Wildman–Crippen LogP) is 24.4. The van der Waals surface area contributed by atoms with Crippen LogP contribution in [0.5, 0.6) is 0 Å². The van der Waals surface area contributed by atoms with Crippen LogP contribution in [0.2, 0.25) is 0 Å². The van der Waals surface area contributed by atoms with E-state index in [1.807, 2.05) is 0 Å². The zero-order valence-corrected chi connectivity index (χ0v) is 68.3. The maximum Gasteiger partial charge on any atom is 0.472 e. The van der Waals surface area contributed by atoms with Gasteiger partial charge in [-0.25, -0.2) is 9.13 Å². The number of rotatable bonds is 79. The van der Waals surface area contributed by atoms with Crippen LogP contribution < -0.4 is 0 Å². The quantitative estimate of drug-likeness (QED) is 0.0222. The lowest BCUT2D eigenvalue weighted by molar-refractivity contribution is -0.161. The second-order valence-corrected chi connectivity index (χ2v) is 33.9. The summed E-state index contributed by atoms with van der Waals surface area (Å²) in [4.78, 5) is 73.1. The highest BCUT2D eigenvalue weighted by atomic mass is 31.2. The van der Waals surface area contributed by atoms with Crippen LogP contribution in [0.3, 0.4) is 0 Å². The van der Waals surface area contributed by atoms with Gasteiger partial charge in [-0.3, -0.25) is 37.3 Å². The second-order valence-electron chi connectivity index (χ2n) is 31.0. The number of hydrogen-bond acceptors (Lipinski definition) is 15. The fraction of sp³-hybridized carbons (Fsp3) is 0.951. The average Bonchev–Trinajstić information content (AvgIpc) is 1.05. The van der Waals surface area contributed by atoms with Gasteiger partial charge in [0.05, 0.1) is 26.4 Å². The second kappa shape index (κ2) is 71.0. The van der Waals surface area contributed by atoms with Crippen LogP contribution >= 0.6 is 15.6 Å². The van der Waals surface area contributed by atoms with Crippen LogP contribution in [0.25, 0.3) is 0 Å². The van der Waals surface area contributed by atoms with Gasteiger partial charge in [0.1, 0.15) is 19.3 Å². The molecule has 19 heteroatoms. The first-order valence-electron chi connectivity index (χ1n) is 42.3. The number of esters is 4. The number of phosphoric ester groups is 2. The Hall–Kier alpha value is -1.94. The van der Waals surface area contributed by atoms with Gasteiger partial charge in [-0.05, 0) is 49.4 Å². The summed E-state index contributed by atoms with van der Waals surface area (Å²) in [5.74, 6) is 1.05. The maximum atomic E-state index is 13.1. The highest BCUT2D eigenvalue weighted by Crippen LogP contribution is 2.45. The van der Waals surface area contributed by atoms with Gasteiger partial charge in [0, 0.05) is 25.7 Å². The molecule has 0 heterocycles. The molecule has 17 nitrogen and oxygen atoms in total. The van der Waals surface area contributed by atoms with E-state index in [4.69, 9.17) is 37.0 Å². The third-order valence-electron chi connectivity index (χ3n) is 19.8. The van der Waals surface area contributed by atoms with Crippen molar-refractivity contribution >= 4 is 39.5 Å². The summed E-state index contributed by atoms with van der Waals surface area (Å²) in [6.07, 6.45) is 58.2. The zero-order chi connectivity index (χ0) is 74.6. The molecule has 600 valence electrons. The van der Waals surface area contributed by atoms with Gasteiger partial charge in [0.2, 0.25) is 0 Å². The molecule has 0 amide bonds. The van der Waals surface area contributed by atoms with Crippen LogP contribution in [0.1, 0.15) is 421 Å². The fourth-order valence-electron chi connectivity index (χ4n) is 12.5. The number of aliphatic hydroxyl groups excluding tert-OH is 1. The predicted molar refractivity (Wildman–Crippen MR) is 414 cm³/mol. The van der Waals surface area contributed by atoms with E-state index in [1.54, 1.807) is 0 Å². The molecule has 0 fully saturated rings. The Morgan fingerprint density at radius 3 is 0.703 bits per heavy atom. The molecule has 0 saturated carbocycles. The number of carbonyl (C=O) groups excluding carboxylic acids is 4. The summed E-state index contributed by atoms with van der Waals surface area (Å²) in [5, 5.41) is 10.6. The van der Waals surface area contributed by atoms with E-state index in [0.717, 1.165) is 114 Å². The Bertz CT molecular complexity index is 1980. The Morgan fingerprint density at radius 1 is 0.277 bits per heavy atom. The molecule has 4 unspecified atom stereocenters. The molecule has 0 rings (SSSR count). The first kappa shape index (κ1) is 99.1. The van der Waals surface area contributed by atoms with Gasteiger partial charge < -0.3 is 33.8 Å². The van der Waals surface area contributed by atoms with Crippen LogP contribution in [0.15, 0.2) is 0 Å². The van der Waals surface area contributed by atoms with Crippen LogP contribution in [0.4, 0.5) is 0 Å². The molecule has 101 heavy (non-hydrogen) atoms. The van der Waals surface area contributed by atoms with Crippen molar-refractivity contribution in [2.45, 2.75) is 440 Å². The summed E-state index contributed by atoms with van der Waals surface area (Å²) >= 11 is 0. The number of ether oxygens (including phenoxy) is 4. The van der Waals surface area contributed by atoms with Crippen molar-refractivity contribution in [1.82, 2.24) is 0 Å². The Morgan fingerprint density at radius 2 is 0.475 bits per heavy atom. The third kappa shape index (κ3) is 73.4. The topological polar surface area (TPSA) is 237 Å². The third-order valence-corrected chi connectivity index (χ3v) is 21.7. The molecule has 0 aromatic carbocycles. The minimum absolute atomic E-state index is 0.104. The van der Waals surface area contributed by atoms with Gasteiger partial charge in [0.25, 0.3) is 0 Å². The van der Waals surface area contributed by atoms with Crippen molar-refractivity contribution in [3.8, 4) is 0 Å². The molecular weight excluding hydrogens is 1320 g/mol. The Balaban J connectivity index is 5.26. The number of aliphatic hydroxyl groups is 1. The molecule has 0 bridgehead atoms. The number of hydrogen-bond donors (Lipinski definition) is 3. The van der Waals surface area contributed by atoms with Gasteiger partial charge in [0.15, 0.2) is 12.2 Å². The molecule has 0 spiro atoms. The average molecular weight is 1480 g/mol. The largest absolute Gasteiger partial charge is 0.472 e.